The summed E-state index contributed by atoms with van der Waals surface area (Å²) in [5.74, 6) is 0. The van der Waals surface area contributed by atoms with Crippen LogP contribution in [0.1, 0.15) is 13.8 Å². The number of hydrazine groups is 2. The van der Waals surface area contributed by atoms with E-state index in [9.17, 15) is 0 Å². The molecule has 12 heavy (non-hydrogen) atoms. The van der Waals surface area contributed by atoms with Crippen LogP contribution in [0.5, 0.6) is 0 Å². The van der Waals surface area contributed by atoms with Gasteiger partial charge in [0.15, 0.2) is 0 Å². The summed E-state index contributed by atoms with van der Waals surface area (Å²) in [6.45, 7) is 3.92. The molecule has 0 aromatic rings. The lowest BCUT2D eigenvalue weighted by molar-refractivity contribution is -0.301. The molecule has 0 spiro atoms. The summed E-state index contributed by atoms with van der Waals surface area (Å²) < 4.78 is 0. The minimum Gasteiger partial charge on any atom is -0.274 e. The highest BCUT2D eigenvalue weighted by molar-refractivity contribution is 5.70. The van der Waals surface area contributed by atoms with Gasteiger partial charge >= 0.3 is 0 Å². The molecule has 0 atom stereocenters. The number of hydroxylamine groups is 1. The van der Waals surface area contributed by atoms with Crippen molar-refractivity contribution in [3.8, 4) is 0 Å². The number of nitrogens with one attached hydrogen (secondary N) is 1. The molecule has 5 nitrogen and oxygen atoms in total. The summed E-state index contributed by atoms with van der Waals surface area (Å²) >= 11 is 0. The fourth-order valence-corrected chi connectivity index (χ4v) is 0.791. The first-order valence-corrected chi connectivity index (χ1v) is 3.86. The van der Waals surface area contributed by atoms with E-state index in [-0.39, 0.29) is 6.10 Å². The van der Waals surface area contributed by atoms with Crippen molar-refractivity contribution in [2.24, 2.45) is 5.10 Å². The molecule has 1 heterocycles. The van der Waals surface area contributed by atoms with Crippen molar-refractivity contribution in [2.45, 2.75) is 20.0 Å². The summed E-state index contributed by atoms with van der Waals surface area (Å²) in [5, 5.41) is 7.03. The van der Waals surface area contributed by atoms with Crippen LogP contribution in [0.25, 0.3) is 0 Å². The predicted octanol–water partition coefficient (Wildman–Crippen LogP) is 0.493. The van der Waals surface area contributed by atoms with Crippen LogP contribution in [0.4, 0.5) is 0 Å². The van der Waals surface area contributed by atoms with E-state index >= 15 is 0 Å². The minimum absolute atomic E-state index is 0.137. The Balaban J connectivity index is 2.37. The van der Waals surface area contributed by atoms with E-state index in [1.54, 1.807) is 25.5 Å². The van der Waals surface area contributed by atoms with Gasteiger partial charge in [-0.05, 0) is 19.9 Å². The molecule has 0 aliphatic carbocycles. The van der Waals surface area contributed by atoms with E-state index in [0.29, 0.717) is 0 Å². The first-order valence-electron chi connectivity index (χ1n) is 3.86. The van der Waals surface area contributed by atoms with E-state index in [1.807, 2.05) is 13.8 Å². The highest BCUT2D eigenvalue weighted by Gasteiger charge is 2.09. The van der Waals surface area contributed by atoms with Crippen LogP contribution >= 0.6 is 0 Å². The van der Waals surface area contributed by atoms with Gasteiger partial charge in [-0.2, -0.15) is 0 Å². The monoisotopic (exact) mass is 170 g/mol. The lowest BCUT2D eigenvalue weighted by Gasteiger charge is -2.29. The summed E-state index contributed by atoms with van der Waals surface area (Å²) in [6, 6.07) is 0. The molecule has 0 fully saturated rings. The fraction of sp³-hybridized carbons (Fsp3) is 0.571. The van der Waals surface area contributed by atoms with Crippen LogP contribution < -0.4 is 5.43 Å². The summed E-state index contributed by atoms with van der Waals surface area (Å²) in [6.07, 6.45) is 5.39. The highest BCUT2D eigenvalue weighted by Crippen LogP contribution is 1.99. The molecule has 0 aromatic carbocycles. The van der Waals surface area contributed by atoms with E-state index in [4.69, 9.17) is 4.84 Å². The van der Waals surface area contributed by atoms with Gasteiger partial charge in [-0.3, -0.25) is 10.3 Å². The van der Waals surface area contributed by atoms with Gasteiger partial charge in [-0.15, -0.1) is 10.3 Å². The Kier molecular flexibility index (Phi) is 3.07. The number of rotatable bonds is 3. The number of allylic oxidation sites excluding steroid dienone is 1. The molecule has 68 valence electrons. The van der Waals surface area contributed by atoms with E-state index in [1.165, 1.54) is 10.4 Å². The maximum absolute atomic E-state index is 5.34. The van der Waals surface area contributed by atoms with Crippen LogP contribution in [0.15, 0.2) is 17.4 Å². The third-order valence-electron chi connectivity index (χ3n) is 1.18. The van der Waals surface area contributed by atoms with Gasteiger partial charge in [-0.1, -0.05) is 5.17 Å². The average molecular weight is 170 g/mol. The Labute approximate surface area is 72.2 Å². The van der Waals surface area contributed by atoms with Gasteiger partial charge in [-0.25, -0.2) is 0 Å². The zero-order valence-corrected chi connectivity index (χ0v) is 7.56. The predicted molar refractivity (Wildman–Crippen MR) is 46.6 cm³/mol. The Morgan fingerprint density at radius 2 is 2.33 bits per heavy atom. The Morgan fingerprint density at radius 3 is 2.83 bits per heavy atom. The van der Waals surface area contributed by atoms with Gasteiger partial charge in [0.25, 0.3) is 0 Å². The molecular weight excluding hydrogens is 156 g/mol. The van der Waals surface area contributed by atoms with Crippen molar-refractivity contribution in [1.82, 2.24) is 15.8 Å². The molecule has 0 aromatic heterocycles. The normalized spacial score (nSPS) is 15.9. The maximum Gasteiger partial charge on any atom is 0.0760 e. The standard InChI is InChI=1S/C7H14N4O/c1-7(2)12-10(3)11-8-5-4-6-9-11/h4-8H,1-3H3. The number of nitrogens with zero attached hydrogens (tertiary/aromatic N) is 3. The second kappa shape index (κ2) is 4.08. The zero-order chi connectivity index (χ0) is 8.97. The summed E-state index contributed by atoms with van der Waals surface area (Å²) in [7, 11) is 1.78. The molecule has 0 unspecified atom stereocenters. The number of hydrogen-bond donors (Lipinski definition) is 1. The van der Waals surface area contributed by atoms with Gasteiger partial charge < -0.3 is 0 Å². The van der Waals surface area contributed by atoms with E-state index in [2.05, 4.69) is 10.5 Å². The SMILES string of the molecule is CC(C)ON(C)N1N=CC=CN1. The molecule has 0 radical (unpaired) electrons. The second-order valence-electron chi connectivity index (χ2n) is 2.66. The molecule has 5 heteroatoms. The van der Waals surface area contributed by atoms with Gasteiger partial charge in [0.1, 0.15) is 0 Å². The van der Waals surface area contributed by atoms with Crippen LogP contribution in [-0.4, -0.2) is 29.8 Å². The lowest BCUT2D eigenvalue weighted by Crippen LogP contribution is -2.45. The number of hydrogen-bond acceptors (Lipinski definition) is 5. The van der Waals surface area contributed by atoms with Gasteiger partial charge in [0.05, 0.1) is 12.3 Å². The van der Waals surface area contributed by atoms with Crippen LogP contribution in [0.3, 0.4) is 0 Å². The molecule has 1 N–H and O–H groups in total. The van der Waals surface area contributed by atoms with Gasteiger partial charge in [0.2, 0.25) is 0 Å². The van der Waals surface area contributed by atoms with Crippen molar-refractivity contribution >= 4 is 6.21 Å². The Hall–Kier alpha value is -1.07. The summed E-state index contributed by atoms with van der Waals surface area (Å²) in [5.41, 5.74) is 2.88. The smallest absolute Gasteiger partial charge is 0.0760 e. The maximum atomic E-state index is 5.34. The molecule has 0 amide bonds. The minimum atomic E-state index is 0.137. The highest BCUT2D eigenvalue weighted by atomic mass is 16.7. The first-order chi connectivity index (χ1) is 5.70. The fourth-order valence-electron chi connectivity index (χ4n) is 0.791. The third kappa shape index (κ3) is 2.52. The second-order valence-corrected chi connectivity index (χ2v) is 2.66. The summed E-state index contributed by atoms with van der Waals surface area (Å²) in [4.78, 5) is 5.34. The molecular formula is C7H14N4O. The van der Waals surface area contributed by atoms with E-state index < -0.39 is 0 Å². The van der Waals surface area contributed by atoms with Crippen molar-refractivity contribution in [1.29, 1.82) is 0 Å². The Morgan fingerprint density at radius 1 is 1.58 bits per heavy atom. The zero-order valence-electron chi connectivity index (χ0n) is 7.56. The molecule has 0 saturated carbocycles. The Bertz CT molecular complexity index is 190. The molecule has 1 rings (SSSR count). The quantitative estimate of drug-likeness (QED) is 0.626. The van der Waals surface area contributed by atoms with Gasteiger partial charge in [0, 0.05) is 13.2 Å². The molecule has 0 saturated heterocycles. The van der Waals surface area contributed by atoms with Crippen LogP contribution in [0, 0.1) is 0 Å². The van der Waals surface area contributed by atoms with Crippen molar-refractivity contribution < 1.29 is 4.84 Å². The lowest BCUT2D eigenvalue weighted by atomic mass is 10.5. The topological polar surface area (TPSA) is 40.1 Å². The van der Waals surface area contributed by atoms with Crippen molar-refractivity contribution in [3.05, 3.63) is 12.3 Å². The largest absolute Gasteiger partial charge is 0.274 e. The van der Waals surface area contributed by atoms with Crippen LogP contribution in [0.2, 0.25) is 0 Å². The van der Waals surface area contributed by atoms with Crippen molar-refractivity contribution in [3.63, 3.8) is 0 Å². The first kappa shape index (κ1) is 9.02. The molecule has 1 aliphatic heterocycles. The van der Waals surface area contributed by atoms with E-state index in [0.717, 1.165) is 0 Å². The van der Waals surface area contributed by atoms with Crippen molar-refractivity contribution in [2.75, 3.05) is 7.05 Å². The third-order valence-corrected chi connectivity index (χ3v) is 1.18. The number of hydrazone groups is 1. The van der Waals surface area contributed by atoms with Crippen LogP contribution in [-0.2, 0) is 4.84 Å². The molecule has 0 bridgehead atoms. The molecule has 1 aliphatic rings. The average Bonchev–Trinajstić information content (AvgIpc) is 2.05.